The monoisotopic (exact) mass is 274 g/mol. The Morgan fingerprint density at radius 1 is 1.15 bits per heavy atom. The third-order valence-corrected chi connectivity index (χ3v) is 4.57. The van der Waals surface area contributed by atoms with Gasteiger partial charge in [-0.1, -0.05) is 19.1 Å². The maximum Gasteiger partial charge on any atom is 0.307 e. The van der Waals surface area contributed by atoms with Crippen LogP contribution in [0.15, 0.2) is 24.3 Å². The first-order chi connectivity index (χ1) is 9.63. The summed E-state index contributed by atoms with van der Waals surface area (Å²) in [5, 5.41) is 9.41. The molecule has 0 radical (unpaired) electrons. The van der Waals surface area contributed by atoms with Crippen molar-refractivity contribution in [2.24, 2.45) is 11.8 Å². The molecule has 3 atom stereocenters. The van der Waals surface area contributed by atoms with Gasteiger partial charge in [-0.05, 0) is 61.6 Å². The van der Waals surface area contributed by atoms with Crippen LogP contribution in [0, 0.1) is 11.8 Å². The van der Waals surface area contributed by atoms with E-state index >= 15 is 0 Å². The Labute approximate surface area is 120 Å². The van der Waals surface area contributed by atoms with E-state index in [1.54, 1.807) is 0 Å². The van der Waals surface area contributed by atoms with Gasteiger partial charge in [0.05, 0.1) is 12.0 Å². The van der Waals surface area contributed by atoms with Gasteiger partial charge >= 0.3 is 5.97 Å². The van der Waals surface area contributed by atoms with Crippen LogP contribution in [0.2, 0.25) is 0 Å². The van der Waals surface area contributed by atoms with Crippen LogP contribution in [0.3, 0.4) is 0 Å². The number of carbonyl (C=O) groups is 1. The number of hydrogen-bond acceptors (Lipinski definition) is 2. The minimum Gasteiger partial charge on any atom is -0.490 e. The minimum absolute atomic E-state index is 0.145. The van der Waals surface area contributed by atoms with Crippen LogP contribution in [0.5, 0.6) is 5.75 Å². The van der Waals surface area contributed by atoms with E-state index in [0.29, 0.717) is 12.0 Å². The smallest absolute Gasteiger partial charge is 0.307 e. The predicted octanol–water partition coefficient (Wildman–Crippen LogP) is 3.83. The fraction of sp³-hybridized carbons (Fsp3) is 0.588. The quantitative estimate of drug-likeness (QED) is 0.907. The van der Waals surface area contributed by atoms with E-state index in [0.717, 1.165) is 43.4 Å². The molecule has 1 aromatic carbocycles. The number of benzene rings is 1. The molecule has 2 fully saturated rings. The Morgan fingerprint density at radius 3 is 2.45 bits per heavy atom. The van der Waals surface area contributed by atoms with Crippen molar-refractivity contribution in [3.05, 3.63) is 29.8 Å². The van der Waals surface area contributed by atoms with E-state index < -0.39 is 5.97 Å². The molecule has 0 heterocycles. The van der Waals surface area contributed by atoms with Gasteiger partial charge in [0.1, 0.15) is 5.75 Å². The van der Waals surface area contributed by atoms with Gasteiger partial charge in [-0.15, -0.1) is 0 Å². The van der Waals surface area contributed by atoms with Crippen molar-refractivity contribution in [1.29, 1.82) is 0 Å². The summed E-state index contributed by atoms with van der Waals surface area (Å²) in [6.45, 7) is 2.22. The second kappa shape index (κ2) is 5.47. The average molecular weight is 274 g/mol. The average Bonchev–Trinajstić information content (AvgIpc) is 3.23. The molecule has 1 aromatic rings. The van der Waals surface area contributed by atoms with Gasteiger partial charge in [0, 0.05) is 0 Å². The fourth-order valence-electron chi connectivity index (χ4n) is 3.22. The third-order valence-electron chi connectivity index (χ3n) is 4.57. The lowest BCUT2D eigenvalue weighted by atomic mass is 9.71. The van der Waals surface area contributed by atoms with E-state index in [-0.39, 0.29) is 11.8 Å². The number of hydrogen-bond donors (Lipinski definition) is 1. The zero-order chi connectivity index (χ0) is 14.1. The van der Waals surface area contributed by atoms with Crippen LogP contribution in [0.4, 0.5) is 0 Å². The first-order valence-electron chi connectivity index (χ1n) is 7.63. The molecule has 3 rings (SSSR count). The van der Waals surface area contributed by atoms with Crippen LogP contribution < -0.4 is 4.74 Å². The van der Waals surface area contributed by atoms with Crippen molar-refractivity contribution in [1.82, 2.24) is 0 Å². The molecular weight excluding hydrogens is 252 g/mol. The van der Waals surface area contributed by atoms with Gasteiger partial charge < -0.3 is 9.84 Å². The van der Waals surface area contributed by atoms with Gasteiger partial charge in [0.2, 0.25) is 0 Å². The number of rotatable bonds is 4. The molecule has 108 valence electrons. The van der Waals surface area contributed by atoms with E-state index in [1.807, 2.05) is 12.1 Å². The zero-order valence-electron chi connectivity index (χ0n) is 11.9. The van der Waals surface area contributed by atoms with Gasteiger partial charge in [-0.25, -0.2) is 0 Å². The third kappa shape index (κ3) is 2.97. The number of carboxylic acid groups (broad SMARTS) is 1. The maximum atomic E-state index is 11.4. The van der Waals surface area contributed by atoms with Gasteiger partial charge in [0.25, 0.3) is 0 Å². The Bertz CT molecular complexity index is 476. The molecule has 0 aliphatic heterocycles. The predicted molar refractivity (Wildman–Crippen MR) is 77.0 cm³/mol. The largest absolute Gasteiger partial charge is 0.490 e. The summed E-state index contributed by atoms with van der Waals surface area (Å²) in [7, 11) is 0. The van der Waals surface area contributed by atoms with Crippen molar-refractivity contribution < 1.29 is 14.6 Å². The van der Waals surface area contributed by atoms with Crippen LogP contribution >= 0.6 is 0 Å². The van der Waals surface area contributed by atoms with Crippen LogP contribution in [-0.2, 0) is 4.79 Å². The molecular formula is C17H22O3. The van der Waals surface area contributed by atoms with E-state index in [2.05, 4.69) is 19.1 Å². The van der Waals surface area contributed by atoms with Crippen LogP contribution in [0.25, 0.3) is 0 Å². The molecule has 2 aliphatic rings. The standard InChI is InChI=1S/C17H22O3/c1-11-2-9-15(17(18)19)16(10-11)12-3-5-13(6-4-12)20-14-7-8-14/h3-6,11,14-16H,2,7-10H2,1H3,(H,18,19). The second-order valence-electron chi connectivity index (χ2n) is 6.36. The molecule has 3 heteroatoms. The molecule has 0 saturated heterocycles. The molecule has 2 saturated carbocycles. The lowest BCUT2D eigenvalue weighted by Crippen LogP contribution is -2.28. The summed E-state index contributed by atoms with van der Waals surface area (Å²) in [6.07, 6.45) is 5.51. The van der Waals surface area contributed by atoms with Crippen molar-refractivity contribution in [2.45, 2.75) is 51.0 Å². The molecule has 0 amide bonds. The topological polar surface area (TPSA) is 46.5 Å². The summed E-state index contributed by atoms with van der Waals surface area (Å²) in [5.74, 6) is 0.776. The minimum atomic E-state index is -0.653. The van der Waals surface area contributed by atoms with E-state index in [4.69, 9.17) is 4.74 Å². The Morgan fingerprint density at radius 2 is 1.85 bits per heavy atom. The van der Waals surface area contributed by atoms with Crippen LogP contribution in [0.1, 0.15) is 50.5 Å². The molecule has 0 aromatic heterocycles. The Hall–Kier alpha value is -1.51. The highest BCUT2D eigenvalue weighted by atomic mass is 16.5. The zero-order valence-corrected chi connectivity index (χ0v) is 11.9. The first-order valence-corrected chi connectivity index (χ1v) is 7.63. The fourth-order valence-corrected chi connectivity index (χ4v) is 3.22. The number of ether oxygens (including phenoxy) is 1. The summed E-state index contributed by atoms with van der Waals surface area (Å²) in [5.41, 5.74) is 1.15. The molecule has 0 bridgehead atoms. The summed E-state index contributed by atoms with van der Waals surface area (Å²) >= 11 is 0. The second-order valence-corrected chi connectivity index (χ2v) is 6.36. The van der Waals surface area contributed by atoms with Gasteiger partial charge in [0.15, 0.2) is 0 Å². The molecule has 2 aliphatic carbocycles. The molecule has 0 spiro atoms. The van der Waals surface area contributed by atoms with Crippen molar-refractivity contribution in [2.75, 3.05) is 0 Å². The lowest BCUT2D eigenvalue weighted by molar-refractivity contribution is -0.143. The van der Waals surface area contributed by atoms with Crippen molar-refractivity contribution >= 4 is 5.97 Å². The number of carboxylic acids is 1. The Kier molecular flexibility index (Phi) is 3.68. The van der Waals surface area contributed by atoms with Crippen molar-refractivity contribution in [3.8, 4) is 5.75 Å². The number of aliphatic carboxylic acids is 1. The first kappa shape index (κ1) is 13.5. The van der Waals surface area contributed by atoms with Crippen LogP contribution in [-0.4, -0.2) is 17.2 Å². The summed E-state index contributed by atoms with van der Waals surface area (Å²) in [4.78, 5) is 11.4. The van der Waals surface area contributed by atoms with Gasteiger partial charge in [-0.3, -0.25) is 4.79 Å². The van der Waals surface area contributed by atoms with Crippen molar-refractivity contribution in [3.63, 3.8) is 0 Å². The molecule has 3 nitrogen and oxygen atoms in total. The summed E-state index contributed by atoms with van der Waals surface area (Å²) < 4.78 is 5.75. The lowest BCUT2D eigenvalue weighted by Gasteiger charge is -2.32. The SMILES string of the molecule is CC1CCC(C(=O)O)C(c2ccc(OC3CC3)cc2)C1. The highest BCUT2D eigenvalue weighted by Gasteiger charge is 2.34. The molecule has 1 N–H and O–H groups in total. The summed E-state index contributed by atoms with van der Waals surface area (Å²) in [6, 6.07) is 8.09. The van der Waals surface area contributed by atoms with E-state index in [1.165, 1.54) is 0 Å². The van der Waals surface area contributed by atoms with E-state index in [9.17, 15) is 9.90 Å². The maximum absolute atomic E-state index is 11.4. The highest BCUT2D eigenvalue weighted by Crippen LogP contribution is 2.41. The van der Waals surface area contributed by atoms with Gasteiger partial charge in [-0.2, -0.15) is 0 Å². The Balaban J connectivity index is 1.75. The molecule has 20 heavy (non-hydrogen) atoms. The molecule has 3 unspecified atom stereocenters. The highest BCUT2D eigenvalue weighted by molar-refractivity contribution is 5.71. The normalized spacial score (nSPS) is 29.9.